The Balaban J connectivity index is 1.71. The van der Waals surface area contributed by atoms with Crippen molar-refractivity contribution in [2.75, 3.05) is 6.54 Å². The number of likely N-dealkylation sites (N-methyl/N-ethyl adjacent to an activating group) is 1. The molecule has 2 aliphatic rings. The van der Waals surface area contributed by atoms with Gasteiger partial charge in [0.25, 0.3) is 0 Å². The van der Waals surface area contributed by atoms with Gasteiger partial charge in [0.05, 0.1) is 0 Å². The largest absolute Gasteiger partial charge is 0.314 e. The SMILES string of the molecule is CCNC(Cc1ccc(F)cc1Br)C1C2CCCCC21. The fourth-order valence-corrected chi connectivity index (χ4v) is 4.69. The smallest absolute Gasteiger partial charge is 0.124 e. The zero-order valence-electron chi connectivity index (χ0n) is 12.0. The van der Waals surface area contributed by atoms with Crippen molar-refractivity contribution in [2.45, 2.75) is 45.1 Å². The van der Waals surface area contributed by atoms with E-state index in [0.717, 1.165) is 35.2 Å². The van der Waals surface area contributed by atoms with Crippen LogP contribution >= 0.6 is 15.9 Å². The molecule has 3 heteroatoms. The molecule has 0 amide bonds. The zero-order chi connectivity index (χ0) is 14.1. The summed E-state index contributed by atoms with van der Waals surface area (Å²) in [6, 6.07) is 5.63. The van der Waals surface area contributed by atoms with Gasteiger partial charge in [0.2, 0.25) is 0 Å². The molecular weight excluding hydrogens is 317 g/mol. The molecule has 0 aromatic heterocycles. The lowest BCUT2D eigenvalue weighted by molar-refractivity contribution is 0.437. The molecule has 3 unspecified atom stereocenters. The number of fused-ring (bicyclic) bond motifs is 1. The number of hydrogen-bond donors (Lipinski definition) is 1. The lowest BCUT2D eigenvalue weighted by Gasteiger charge is -2.19. The van der Waals surface area contributed by atoms with Crippen molar-refractivity contribution in [3.05, 3.63) is 34.1 Å². The molecule has 2 fully saturated rings. The van der Waals surface area contributed by atoms with E-state index in [2.05, 4.69) is 28.2 Å². The van der Waals surface area contributed by atoms with Gasteiger partial charge in [0.1, 0.15) is 5.82 Å². The van der Waals surface area contributed by atoms with Crippen LogP contribution in [0.2, 0.25) is 0 Å². The van der Waals surface area contributed by atoms with E-state index < -0.39 is 0 Å². The normalized spacial score (nSPS) is 29.9. The van der Waals surface area contributed by atoms with Gasteiger partial charge in [-0.15, -0.1) is 0 Å². The molecule has 1 N–H and O–H groups in total. The number of nitrogens with one attached hydrogen (secondary N) is 1. The Morgan fingerprint density at radius 1 is 1.30 bits per heavy atom. The molecule has 2 aliphatic carbocycles. The van der Waals surface area contributed by atoms with Crippen LogP contribution in [-0.4, -0.2) is 12.6 Å². The first-order valence-corrected chi connectivity index (χ1v) is 8.67. The maximum absolute atomic E-state index is 13.2. The van der Waals surface area contributed by atoms with Crippen LogP contribution in [0.1, 0.15) is 38.2 Å². The average molecular weight is 340 g/mol. The molecular formula is C17H23BrFN. The molecule has 0 bridgehead atoms. The lowest BCUT2D eigenvalue weighted by Crippen LogP contribution is -2.34. The van der Waals surface area contributed by atoms with Crippen LogP contribution in [0.3, 0.4) is 0 Å². The molecule has 0 saturated heterocycles. The second-order valence-electron chi connectivity index (χ2n) is 6.29. The zero-order valence-corrected chi connectivity index (χ0v) is 13.6. The van der Waals surface area contributed by atoms with Crippen molar-refractivity contribution in [1.82, 2.24) is 5.32 Å². The molecule has 20 heavy (non-hydrogen) atoms. The fraction of sp³-hybridized carbons (Fsp3) is 0.647. The Labute approximate surface area is 129 Å². The van der Waals surface area contributed by atoms with E-state index in [1.807, 2.05) is 6.07 Å². The Hall–Kier alpha value is -0.410. The molecule has 1 aromatic rings. The van der Waals surface area contributed by atoms with E-state index in [1.54, 1.807) is 12.1 Å². The van der Waals surface area contributed by atoms with Crippen molar-refractivity contribution < 1.29 is 4.39 Å². The van der Waals surface area contributed by atoms with E-state index in [9.17, 15) is 4.39 Å². The second-order valence-corrected chi connectivity index (χ2v) is 7.15. The van der Waals surface area contributed by atoms with Gasteiger partial charge >= 0.3 is 0 Å². The third kappa shape index (κ3) is 2.94. The summed E-state index contributed by atoms with van der Waals surface area (Å²) in [7, 11) is 0. The third-order valence-electron chi connectivity index (χ3n) is 5.11. The van der Waals surface area contributed by atoms with Crippen molar-refractivity contribution >= 4 is 15.9 Å². The first kappa shape index (κ1) is 14.5. The number of halogens is 2. The molecule has 0 radical (unpaired) electrons. The summed E-state index contributed by atoms with van der Waals surface area (Å²) in [4.78, 5) is 0. The van der Waals surface area contributed by atoms with Crippen LogP contribution in [0.15, 0.2) is 22.7 Å². The van der Waals surface area contributed by atoms with Crippen LogP contribution in [0.5, 0.6) is 0 Å². The van der Waals surface area contributed by atoms with Crippen LogP contribution in [0, 0.1) is 23.6 Å². The average Bonchev–Trinajstić information content (AvgIpc) is 3.15. The van der Waals surface area contributed by atoms with Crippen LogP contribution in [0.25, 0.3) is 0 Å². The van der Waals surface area contributed by atoms with Gasteiger partial charge in [-0.05, 0) is 61.3 Å². The number of hydrogen-bond acceptors (Lipinski definition) is 1. The molecule has 1 nitrogen and oxygen atoms in total. The number of rotatable bonds is 5. The summed E-state index contributed by atoms with van der Waals surface area (Å²) in [6.45, 7) is 3.19. The molecule has 1 aromatic carbocycles. The molecule has 110 valence electrons. The minimum absolute atomic E-state index is 0.166. The Kier molecular flexibility index (Phi) is 4.46. The maximum atomic E-state index is 13.2. The van der Waals surface area contributed by atoms with Crippen LogP contribution in [0.4, 0.5) is 4.39 Å². The summed E-state index contributed by atoms with van der Waals surface area (Å²) in [5, 5.41) is 3.68. The first-order valence-electron chi connectivity index (χ1n) is 7.88. The van der Waals surface area contributed by atoms with Gasteiger partial charge in [-0.25, -0.2) is 4.39 Å². The van der Waals surface area contributed by atoms with E-state index in [-0.39, 0.29) is 5.82 Å². The molecule has 3 atom stereocenters. The van der Waals surface area contributed by atoms with E-state index in [0.29, 0.717) is 6.04 Å². The third-order valence-corrected chi connectivity index (χ3v) is 5.85. The highest BCUT2D eigenvalue weighted by molar-refractivity contribution is 9.10. The molecule has 0 heterocycles. The Bertz CT molecular complexity index is 464. The number of benzene rings is 1. The first-order chi connectivity index (χ1) is 9.70. The second kappa shape index (κ2) is 6.15. The van der Waals surface area contributed by atoms with Gasteiger partial charge in [0.15, 0.2) is 0 Å². The van der Waals surface area contributed by atoms with Gasteiger partial charge in [-0.1, -0.05) is 41.8 Å². The summed E-state index contributed by atoms with van der Waals surface area (Å²) >= 11 is 3.51. The highest BCUT2D eigenvalue weighted by atomic mass is 79.9. The molecule has 0 aliphatic heterocycles. The summed E-state index contributed by atoms with van der Waals surface area (Å²) < 4.78 is 14.1. The predicted molar refractivity (Wildman–Crippen MR) is 84.2 cm³/mol. The van der Waals surface area contributed by atoms with Gasteiger partial charge in [-0.2, -0.15) is 0 Å². The molecule has 0 spiro atoms. The van der Waals surface area contributed by atoms with Gasteiger partial charge in [0, 0.05) is 10.5 Å². The van der Waals surface area contributed by atoms with E-state index in [4.69, 9.17) is 0 Å². The van der Waals surface area contributed by atoms with Crippen molar-refractivity contribution in [2.24, 2.45) is 17.8 Å². The minimum Gasteiger partial charge on any atom is -0.314 e. The quantitative estimate of drug-likeness (QED) is 0.829. The standard InChI is InChI=1S/C17H23BrFN/c1-2-20-16(17-13-5-3-4-6-14(13)17)9-11-7-8-12(19)10-15(11)18/h7-8,10,13-14,16-17,20H,2-6,9H2,1H3. The monoisotopic (exact) mass is 339 g/mol. The highest BCUT2D eigenvalue weighted by Gasteiger charge is 2.53. The van der Waals surface area contributed by atoms with Crippen molar-refractivity contribution in [3.8, 4) is 0 Å². The van der Waals surface area contributed by atoms with Crippen LogP contribution in [-0.2, 0) is 6.42 Å². The van der Waals surface area contributed by atoms with Crippen molar-refractivity contribution in [3.63, 3.8) is 0 Å². The van der Waals surface area contributed by atoms with Crippen molar-refractivity contribution in [1.29, 1.82) is 0 Å². The maximum Gasteiger partial charge on any atom is 0.124 e. The Morgan fingerprint density at radius 3 is 2.60 bits per heavy atom. The van der Waals surface area contributed by atoms with Crippen LogP contribution < -0.4 is 5.32 Å². The van der Waals surface area contributed by atoms with E-state index >= 15 is 0 Å². The van der Waals surface area contributed by atoms with Gasteiger partial charge in [-0.3, -0.25) is 0 Å². The molecule has 3 rings (SSSR count). The lowest BCUT2D eigenvalue weighted by atomic mass is 9.99. The summed E-state index contributed by atoms with van der Waals surface area (Å²) in [5.41, 5.74) is 1.22. The summed E-state index contributed by atoms with van der Waals surface area (Å²) in [5.74, 6) is 2.58. The minimum atomic E-state index is -0.166. The van der Waals surface area contributed by atoms with Gasteiger partial charge < -0.3 is 5.32 Å². The molecule has 2 saturated carbocycles. The van der Waals surface area contributed by atoms with E-state index in [1.165, 1.54) is 31.2 Å². The summed E-state index contributed by atoms with van der Waals surface area (Å²) in [6.07, 6.45) is 6.67. The fourth-order valence-electron chi connectivity index (χ4n) is 4.18. The predicted octanol–water partition coefficient (Wildman–Crippen LogP) is 4.55. The Morgan fingerprint density at radius 2 is 2.00 bits per heavy atom. The highest BCUT2D eigenvalue weighted by Crippen LogP contribution is 2.57. The topological polar surface area (TPSA) is 12.0 Å².